The van der Waals surface area contributed by atoms with Crippen LogP contribution in [0.5, 0.6) is 0 Å². The number of nitrogens with zero attached hydrogens (tertiary/aromatic N) is 3. The third-order valence-corrected chi connectivity index (χ3v) is 2.95. The second-order valence-corrected chi connectivity index (χ2v) is 4.37. The van der Waals surface area contributed by atoms with Gasteiger partial charge in [0.15, 0.2) is 0 Å². The van der Waals surface area contributed by atoms with Crippen LogP contribution in [0.1, 0.15) is 0 Å². The summed E-state index contributed by atoms with van der Waals surface area (Å²) in [5, 5.41) is 1.12. The van der Waals surface area contributed by atoms with Gasteiger partial charge in [0, 0.05) is 49.2 Å². The highest BCUT2D eigenvalue weighted by Gasteiger charge is 2.12. The Bertz CT molecular complexity index is 685. The van der Waals surface area contributed by atoms with Crippen molar-refractivity contribution < 1.29 is 0 Å². The first kappa shape index (κ1) is 10.8. The van der Waals surface area contributed by atoms with Crippen molar-refractivity contribution in [3.8, 4) is 11.1 Å². The monoisotopic (exact) mass is 238 g/mol. The lowest BCUT2D eigenvalue weighted by molar-refractivity contribution is 1.07. The second kappa shape index (κ2) is 4.14. The molecular weight excluding hydrogens is 224 g/mol. The van der Waals surface area contributed by atoms with Gasteiger partial charge < -0.3 is 9.88 Å². The molecule has 1 N–H and O–H groups in total. The van der Waals surface area contributed by atoms with Crippen molar-refractivity contribution in [1.29, 1.82) is 0 Å². The minimum Gasteiger partial charge on any atom is -0.362 e. The smallest absolute Gasteiger partial charge is 0.137 e. The van der Waals surface area contributed by atoms with Crippen molar-refractivity contribution in [2.45, 2.75) is 0 Å². The van der Waals surface area contributed by atoms with E-state index in [1.807, 2.05) is 43.5 Å². The molecule has 0 atom stereocenters. The summed E-state index contributed by atoms with van der Waals surface area (Å²) in [4.78, 5) is 14.0. The number of anilines is 1. The number of rotatable bonds is 2. The molecule has 90 valence electrons. The van der Waals surface area contributed by atoms with E-state index >= 15 is 0 Å². The summed E-state index contributed by atoms with van der Waals surface area (Å²) in [6, 6.07) is 8.06. The van der Waals surface area contributed by atoms with E-state index in [-0.39, 0.29) is 0 Å². The van der Waals surface area contributed by atoms with Gasteiger partial charge in [-0.05, 0) is 24.3 Å². The summed E-state index contributed by atoms with van der Waals surface area (Å²) in [6.45, 7) is 0. The van der Waals surface area contributed by atoms with Crippen LogP contribution >= 0.6 is 0 Å². The Morgan fingerprint density at radius 3 is 2.61 bits per heavy atom. The molecule has 3 aromatic rings. The van der Waals surface area contributed by atoms with Gasteiger partial charge in [0.25, 0.3) is 0 Å². The second-order valence-electron chi connectivity index (χ2n) is 4.37. The summed E-state index contributed by atoms with van der Waals surface area (Å²) in [6.07, 6.45) is 5.59. The van der Waals surface area contributed by atoms with Gasteiger partial charge in [0.05, 0.1) is 0 Å². The summed E-state index contributed by atoms with van der Waals surface area (Å²) in [5.41, 5.74) is 3.15. The Hall–Kier alpha value is -2.36. The molecule has 0 saturated heterocycles. The van der Waals surface area contributed by atoms with E-state index in [0.717, 1.165) is 28.0 Å². The molecule has 0 fully saturated rings. The van der Waals surface area contributed by atoms with Crippen molar-refractivity contribution >= 4 is 16.9 Å². The molecule has 0 amide bonds. The van der Waals surface area contributed by atoms with Gasteiger partial charge in [-0.25, -0.2) is 9.97 Å². The predicted octanol–water partition coefficient (Wildman–Crippen LogP) is 2.69. The Kier molecular flexibility index (Phi) is 2.48. The SMILES string of the molecule is CN(C)c1ncccc1-c1c[nH]c2ncccc12. The quantitative estimate of drug-likeness (QED) is 0.746. The normalized spacial score (nSPS) is 10.8. The first-order valence-electron chi connectivity index (χ1n) is 5.82. The fraction of sp³-hybridized carbons (Fsp3) is 0.143. The fourth-order valence-electron chi connectivity index (χ4n) is 2.14. The van der Waals surface area contributed by atoms with E-state index in [1.54, 1.807) is 6.20 Å². The van der Waals surface area contributed by atoms with Crippen LogP contribution in [0.2, 0.25) is 0 Å². The van der Waals surface area contributed by atoms with Gasteiger partial charge in [-0.2, -0.15) is 0 Å². The molecular formula is C14H14N4. The lowest BCUT2D eigenvalue weighted by atomic mass is 10.1. The zero-order valence-electron chi connectivity index (χ0n) is 10.4. The maximum atomic E-state index is 4.43. The summed E-state index contributed by atoms with van der Waals surface area (Å²) in [5.74, 6) is 0.960. The van der Waals surface area contributed by atoms with E-state index < -0.39 is 0 Å². The number of hydrogen-bond acceptors (Lipinski definition) is 3. The van der Waals surface area contributed by atoms with Crippen LogP contribution in [-0.4, -0.2) is 29.0 Å². The molecule has 4 heteroatoms. The molecule has 0 aliphatic heterocycles. The Balaban J connectivity index is 2.27. The average molecular weight is 238 g/mol. The van der Waals surface area contributed by atoms with Crippen LogP contribution in [0.4, 0.5) is 5.82 Å². The highest BCUT2D eigenvalue weighted by Crippen LogP contribution is 2.32. The lowest BCUT2D eigenvalue weighted by Gasteiger charge is -2.15. The summed E-state index contributed by atoms with van der Waals surface area (Å²) in [7, 11) is 4.00. The third-order valence-electron chi connectivity index (χ3n) is 2.95. The largest absolute Gasteiger partial charge is 0.362 e. The molecule has 0 saturated carbocycles. The number of fused-ring (bicyclic) bond motifs is 1. The van der Waals surface area contributed by atoms with Crippen LogP contribution in [0.15, 0.2) is 42.9 Å². The van der Waals surface area contributed by atoms with Crippen LogP contribution in [0.3, 0.4) is 0 Å². The summed E-state index contributed by atoms with van der Waals surface area (Å²) < 4.78 is 0. The standard InChI is InChI=1S/C14H14N4/c1-18(2)14-11(6-4-8-16-14)12-9-17-13-10(12)5-3-7-15-13/h3-9H,1-2H3,(H,15,17). The molecule has 0 radical (unpaired) electrons. The average Bonchev–Trinajstić information content (AvgIpc) is 2.82. The molecule has 3 heterocycles. The van der Waals surface area contributed by atoms with E-state index in [0.29, 0.717) is 0 Å². The number of hydrogen-bond donors (Lipinski definition) is 1. The maximum Gasteiger partial charge on any atom is 0.137 e. The van der Waals surface area contributed by atoms with E-state index in [1.165, 1.54) is 0 Å². The van der Waals surface area contributed by atoms with Gasteiger partial charge in [0.2, 0.25) is 0 Å². The maximum absolute atomic E-state index is 4.43. The molecule has 18 heavy (non-hydrogen) atoms. The lowest BCUT2D eigenvalue weighted by Crippen LogP contribution is -2.11. The number of aromatic amines is 1. The van der Waals surface area contributed by atoms with E-state index in [4.69, 9.17) is 0 Å². The van der Waals surface area contributed by atoms with Crippen LogP contribution in [0, 0.1) is 0 Å². The van der Waals surface area contributed by atoms with Crippen molar-refractivity contribution in [3.63, 3.8) is 0 Å². The highest BCUT2D eigenvalue weighted by atomic mass is 15.1. The predicted molar refractivity (Wildman–Crippen MR) is 73.7 cm³/mol. The molecule has 0 bridgehead atoms. The number of pyridine rings is 2. The number of nitrogens with one attached hydrogen (secondary N) is 1. The number of H-pyrrole nitrogens is 1. The van der Waals surface area contributed by atoms with Crippen molar-refractivity contribution in [2.24, 2.45) is 0 Å². The fourth-order valence-corrected chi connectivity index (χ4v) is 2.14. The van der Waals surface area contributed by atoms with Gasteiger partial charge in [-0.15, -0.1) is 0 Å². The Morgan fingerprint density at radius 1 is 1.00 bits per heavy atom. The minimum atomic E-state index is 0.904. The first-order valence-corrected chi connectivity index (χ1v) is 5.82. The third kappa shape index (κ3) is 1.62. The molecule has 0 aliphatic rings. The molecule has 0 spiro atoms. The molecule has 3 aromatic heterocycles. The van der Waals surface area contributed by atoms with Crippen molar-refractivity contribution in [1.82, 2.24) is 15.0 Å². The van der Waals surface area contributed by atoms with Crippen LogP contribution < -0.4 is 4.90 Å². The van der Waals surface area contributed by atoms with E-state index in [9.17, 15) is 0 Å². The highest BCUT2D eigenvalue weighted by molar-refractivity contribution is 5.96. The first-order chi connectivity index (χ1) is 8.77. The molecule has 4 nitrogen and oxygen atoms in total. The van der Waals surface area contributed by atoms with Crippen LogP contribution in [0.25, 0.3) is 22.2 Å². The topological polar surface area (TPSA) is 44.8 Å². The molecule has 0 aliphatic carbocycles. The van der Waals surface area contributed by atoms with Gasteiger partial charge in [-0.1, -0.05) is 0 Å². The van der Waals surface area contributed by atoms with Gasteiger partial charge >= 0.3 is 0 Å². The molecule has 0 aromatic carbocycles. The molecule has 0 unspecified atom stereocenters. The van der Waals surface area contributed by atoms with Crippen molar-refractivity contribution in [3.05, 3.63) is 42.9 Å². The molecule has 3 rings (SSSR count). The van der Waals surface area contributed by atoms with Crippen molar-refractivity contribution in [2.75, 3.05) is 19.0 Å². The number of aromatic nitrogens is 3. The van der Waals surface area contributed by atoms with Gasteiger partial charge in [-0.3, -0.25) is 0 Å². The van der Waals surface area contributed by atoms with Gasteiger partial charge in [0.1, 0.15) is 11.5 Å². The Labute approximate surface area is 105 Å². The minimum absolute atomic E-state index is 0.904. The Morgan fingerprint density at radius 2 is 1.78 bits per heavy atom. The zero-order chi connectivity index (χ0) is 12.5. The summed E-state index contributed by atoms with van der Waals surface area (Å²) >= 11 is 0. The van der Waals surface area contributed by atoms with E-state index in [2.05, 4.69) is 27.1 Å². The zero-order valence-corrected chi connectivity index (χ0v) is 10.4. The van der Waals surface area contributed by atoms with Crippen LogP contribution in [-0.2, 0) is 0 Å².